The number of hydrogen-bond acceptors (Lipinski definition) is 5. The minimum Gasteiger partial charge on any atom is -0.490 e. The largest absolute Gasteiger partial charge is 0.490 e. The minimum absolute atomic E-state index is 0.203. The summed E-state index contributed by atoms with van der Waals surface area (Å²) >= 11 is 6.62. The molecule has 126 valence electrons. The van der Waals surface area contributed by atoms with Crippen molar-refractivity contribution in [2.75, 3.05) is 20.3 Å². The first kappa shape index (κ1) is 18.6. The summed E-state index contributed by atoms with van der Waals surface area (Å²) in [4.78, 5) is 23.3. The number of carbonyl (C=O) groups excluding carboxylic acids is 2. The molecule has 0 radical (unpaired) electrons. The lowest BCUT2D eigenvalue weighted by molar-refractivity contribution is 0.0733. The Bertz CT molecular complexity index is 746. The van der Waals surface area contributed by atoms with Gasteiger partial charge in [0.15, 0.2) is 6.29 Å². The summed E-state index contributed by atoms with van der Waals surface area (Å²) < 4.78 is 17.1. The third-order valence-electron chi connectivity index (χ3n) is 3.01. The molecule has 0 bridgehead atoms. The zero-order valence-electron chi connectivity index (χ0n) is 12.8. The molecule has 2 rings (SSSR count). The van der Waals surface area contributed by atoms with Crippen LogP contribution in [0.2, 0.25) is 0 Å². The van der Waals surface area contributed by atoms with Crippen molar-refractivity contribution >= 4 is 44.1 Å². The minimum atomic E-state index is -0.565. The number of halogens is 2. The van der Waals surface area contributed by atoms with Gasteiger partial charge in [0.05, 0.1) is 22.2 Å². The van der Waals surface area contributed by atoms with Crippen LogP contribution in [0.1, 0.15) is 20.7 Å². The molecule has 24 heavy (non-hydrogen) atoms. The van der Waals surface area contributed by atoms with E-state index in [1.807, 2.05) is 0 Å². The third-order valence-corrected chi connectivity index (χ3v) is 4.13. The second kappa shape index (κ2) is 8.96. The molecule has 0 aromatic heterocycles. The molecule has 0 saturated heterocycles. The second-order valence-corrected chi connectivity index (χ2v) is 6.45. The van der Waals surface area contributed by atoms with Crippen LogP contribution in [0, 0.1) is 0 Å². The standard InChI is InChI=1S/C17H14Br2O5/c1-22-6-7-23-16-4-2-11(9-14(16)19)17(21)24-15-5-3-13(18)8-12(15)10-20/h2-5,8-10H,6-7H2,1H3. The van der Waals surface area contributed by atoms with Crippen LogP contribution in [0.15, 0.2) is 45.3 Å². The van der Waals surface area contributed by atoms with Gasteiger partial charge in [0, 0.05) is 11.6 Å². The van der Waals surface area contributed by atoms with E-state index in [-0.39, 0.29) is 11.3 Å². The van der Waals surface area contributed by atoms with E-state index < -0.39 is 5.97 Å². The first-order chi connectivity index (χ1) is 11.5. The summed E-state index contributed by atoms with van der Waals surface area (Å²) in [6, 6.07) is 9.69. The fourth-order valence-corrected chi connectivity index (χ4v) is 2.72. The molecule has 0 spiro atoms. The smallest absolute Gasteiger partial charge is 0.343 e. The maximum Gasteiger partial charge on any atom is 0.343 e. The van der Waals surface area contributed by atoms with E-state index in [2.05, 4.69) is 31.9 Å². The molecule has 0 aliphatic heterocycles. The van der Waals surface area contributed by atoms with Crippen LogP contribution in [0.4, 0.5) is 0 Å². The van der Waals surface area contributed by atoms with Gasteiger partial charge in [0.25, 0.3) is 0 Å². The third kappa shape index (κ3) is 4.90. The van der Waals surface area contributed by atoms with Crippen molar-refractivity contribution in [3.63, 3.8) is 0 Å². The molecular weight excluding hydrogens is 444 g/mol. The lowest BCUT2D eigenvalue weighted by atomic mass is 10.2. The van der Waals surface area contributed by atoms with E-state index >= 15 is 0 Å². The van der Waals surface area contributed by atoms with Crippen LogP contribution in [-0.2, 0) is 4.74 Å². The van der Waals surface area contributed by atoms with E-state index in [9.17, 15) is 9.59 Å². The summed E-state index contributed by atoms with van der Waals surface area (Å²) in [5, 5.41) is 0. The Labute approximate surface area is 156 Å². The van der Waals surface area contributed by atoms with Gasteiger partial charge in [-0.05, 0) is 52.3 Å². The van der Waals surface area contributed by atoms with Crippen molar-refractivity contribution in [2.45, 2.75) is 0 Å². The van der Waals surface area contributed by atoms with Crippen LogP contribution in [0.5, 0.6) is 11.5 Å². The molecule has 0 saturated carbocycles. The molecule has 0 fully saturated rings. The highest BCUT2D eigenvalue weighted by atomic mass is 79.9. The van der Waals surface area contributed by atoms with Gasteiger partial charge >= 0.3 is 5.97 Å². The van der Waals surface area contributed by atoms with Gasteiger partial charge in [-0.25, -0.2) is 4.79 Å². The number of benzene rings is 2. The van der Waals surface area contributed by atoms with Crippen LogP contribution in [0.3, 0.4) is 0 Å². The molecule has 0 aliphatic rings. The fraction of sp³-hybridized carbons (Fsp3) is 0.176. The topological polar surface area (TPSA) is 61.8 Å². The molecule has 5 nitrogen and oxygen atoms in total. The van der Waals surface area contributed by atoms with E-state index in [0.29, 0.717) is 35.3 Å². The molecule has 0 N–H and O–H groups in total. The van der Waals surface area contributed by atoms with Crippen LogP contribution in [0.25, 0.3) is 0 Å². The number of ether oxygens (including phenoxy) is 3. The highest BCUT2D eigenvalue weighted by Crippen LogP contribution is 2.27. The number of rotatable bonds is 7. The van der Waals surface area contributed by atoms with E-state index in [0.717, 1.165) is 4.47 Å². The monoisotopic (exact) mass is 456 g/mol. The van der Waals surface area contributed by atoms with Gasteiger partial charge < -0.3 is 14.2 Å². The van der Waals surface area contributed by atoms with Crippen LogP contribution < -0.4 is 9.47 Å². The number of aldehydes is 1. The normalized spacial score (nSPS) is 10.3. The summed E-state index contributed by atoms with van der Waals surface area (Å²) in [7, 11) is 1.59. The first-order valence-electron chi connectivity index (χ1n) is 6.93. The lowest BCUT2D eigenvalue weighted by Gasteiger charge is -2.10. The lowest BCUT2D eigenvalue weighted by Crippen LogP contribution is -2.10. The zero-order valence-corrected chi connectivity index (χ0v) is 15.9. The summed E-state index contributed by atoms with van der Waals surface area (Å²) in [6.45, 7) is 0.870. The highest BCUT2D eigenvalue weighted by Gasteiger charge is 2.14. The van der Waals surface area contributed by atoms with E-state index in [4.69, 9.17) is 14.2 Å². The molecule has 7 heteroatoms. The first-order valence-corrected chi connectivity index (χ1v) is 8.52. The van der Waals surface area contributed by atoms with Gasteiger partial charge in [-0.15, -0.1) is 0 Å². The Morgan fingerprint density at radius 1 is 1.08 bits per heavy atom. The Balaban J connectivity index is 2.13. The number of methoxy groups -OCH3 is 1. The number of hydrogen-bond donors (Lipinski definition) is 0. The predicted molar refractivity (Wildman–Crippen MR) is 96.0 cm³/mol. The maximum absolute atomic E-state index is 12.3. The summed E-state index contributed by atoms with van der Waals surface area (Å²) in [5.74, 6) is 0.236. The average molecular weight is 458 g/mol. The highest BCUT2D eigenvalue weighted by molar-refractivity contribution is 9.10. The van der Waals surface area contributed by atoms with Crippen molar-refractivity contribution in [3.8, 4) is 11.5 Å². The molecule has 2 aromatic rings. The van der Waals surface area contributed by atoms with Gasteiger partial charge in [0.1, 0.15) is 18.1 Å². The van der Waals surface area contributed by atoms with Crippen molar-refractivity contribution in [1.82, 2.24) is 0 Å². The Kier molecular flexibility index (Phi) is 6.96. The fourth-order valence-electron chi connectivity index (χ4n) is 1.84. The Morgan fingerprint density at radius 3 is 2.50 bits per heavy atom. The molecular formula is C17H14Br2O5. The van der Waals surface area contributed by atoms with Gasteiger partial charge in [-0.2, -0.15) is 0 Å². The quantitative estimate of drug-likeness (QED) is 0.269. The van der Waals surface area contributed by atoms with Crippen LogP contribution in [-0.4, -0.2) is 32.6 Å². The summed E-state index contributed by atoms with van der Waals surface area (Å²) in [6.07, 6.45) is 0.635. The van der Waals surface area contributed by atoms with Crippen molar-refractivity contribution in [2.24, 2.45) is 0 Å². The maximum atomic E-state index is 12.3. The summed E-state index contributed by atoms with van der Waals surface area (Å²) in [5.41, 5.74) is 0.622. The average Bonchev–Trinajstić information content (AvgIpc) is 2.57. The second-order valence-electron chi connectivity index (χ2n) is 4.68. The number of esters is 1. The molecule has 0 unspecified atom stereocenters. The Hall–Kier alpha value is -1.70. The molecule has 2 aromatic carbocycles. The molecule has 0 heterocycles. The predicted octanol–water partition coefficient (Wildman–Crippen LogP) is 4.27. The van der Waals surface area contributed by atoms with Crippen molar-refractivity contribution in [1.29, 1.82) is 0 Å². The van der Waals surface area contributed by atoms with Gasteiger partial charge in [-0.3, -0.25) is 4.79 Å². The SMILES string of the molecule is COCCOc1ccc(C(=O)Oc2ccc(Br)cc2C=O)cc1Br. The van der Waals surface area contributed by atoms with Gasteiger partial charge in [-0.1, -0.05) is 15.9 Å². The van der Waals surface area contributed by atoms with Crippen molar-refractivity contribution in [3.05, 3.63) is 56.5 Å². The zero-order chi connectivity index (χ0) is 17.5. The number of carbonyl (C=O) groups is 2. The van der Waals surface area contributed by atoms with Gasteiger partial charge in [0.2, 0.25) is 0 Å². The van der Waals surface area contributed by atoms with Crippen molar-refractivity contribution < 1.29 is 23.8 Å². The molecule has 0 aliphatic carbocycles. The molecule has 0 atom stereocenters. The van der Waals surface area contributed by atoms with E-state index in [1.165, 1.54) is 0 Å². The Morgan fingerprint density at radius 2 is 1.83 bits per heavy atom. The van der Waals surface area contributed by atoms with Crippen LogP contribution >= 0.6 is 31.9 Å². The molecule has 0 amide bonds. The van der Waals surface area contributed by atoms with E-state index in [1.54, 1.807) is 43.5 Å².